The molecule has 2 heterocycles. The summed E-state index contributed by atoms with van der Waals surface area (Å²) >= 11 is 1.80. The highest BCUT2D eigenvalue weighted by atomic mass is 32.1. The van der Waals surface area contributed by atoms with Crippen LogP contribution in [0.4, 0.5) is 5.69 Å². The van der Waals surface area contributed by atoms with Crippen molar-refractivity contribution < 1.29 is 0 Å². The summed E-state index contributed by atoms with van der Waals surface area (Å²) in [6.07, 6.45) is 0.917. The molecule has 0 unspecified atom stereocenters. The van der Waals surface area contributed by atoms with Gasteiger partial charge in [-0.3, -0.25) is 5.01 Å². The summed E-state index contributed by atoms with van der Waals surface area (Å²) < 4.78 is 0. The smallest absolute Gasteiger partial charge is 0.0923 e. The Morgan fingerprint density at radius 3 is 2.00 bits per heavy atom. The normalized spacial score (nSPS) is 16.2. The third kappa shape index (κ3) is 3.25. The minimum Gasteiger partial charge on any atom is -0.257 e. The minimum atomic E-state index is 0.256. The standard InChI is InChI=1S/C25H20N2S/c1-3-8-19(9-4-1)20-13-15-21(16-14-20)23-18-24(25-12-7-17-28-25)27(26-23)22-10-5-2-6-11-22/h1-17,24H,18H2/t24-/m1/s1. The largest absolute Gasteiger partial charge is 0.257 e. The summed E-state index contributed by atoms with van der Waals surface area (Å²) in [7, 11) is 0. The zero-order valence-corrected chi connectivity index (χ0v) is 16.2. The van der Waals surface area contributed by atoms with E-state index >= 15 is 0 Å². The molecular formula is C25H20N2S. The van der Waals surface area contributed by atoms with Crippen molar-refractivity contribution in [2.45, 2.75) is 12.5 Å². The Kier molecular flexibility index (Phi) is 4.51. The molecule has 0 aliphatic carbocycles. The molecule has 1 aliphatic rings. The summed E-state index contributed by atoms with van der Waals surface area (Å²) in [5, 5.41) is 9.34. The van der Waals surface area contributed by atoms with Crippen molar-refractivity contribution in [1.29, 1.82) is 0 Å². The van der Waals surface area contributed by atoms with Crippen LogP contribution in [-0.2, 0) is 0 Å². The van der Waals surface area contributed by atoms with E-state index in [-0.39, 0.29) is 6.04 Å². The van der Waals surface area contributed by atoms with E-state index < -0.39 is 0 Å². The van der Waals surface area contributed by atoms with Crippen LogP contribution in [0.3, 0.4) is 0 Å². The fraction of sp³-hybridized carbons (Fsp3) is 0.0800. The van der Waals surface area contributed by atoms with Crippen LogP contribution < -0.4 is 5.01 Å². The predicted molar refractivity (Wildman–Crippen MR) is 119 cm³/mol. The zero-order valence-electron chi connectivity index (χ0n) is 15.4. The first-order chi connectivity index (χ1) is 13.9. The van der Waals surface area contributed by atoms with Gasteiger partial charge in [-0.2, -0.15) is 5.10 Å². The van der Waals surface area contributed by atoms with Gasteiger partial charge < -0.3 is 0 Å². The second-order valence-corrected chi connectivity index (χ2v) is 7.88. The highest BCUT2D eigenvalue weighted by Crippen LogP contribution is 2.38. The van der Waals surface area contributed by atoms with E-state index in [1.807, 2.05) is 12.1 Å². The van der Waals surface area contributed by atoms with Gasteiger partial charge in [0.1, 0.15) is 0 Å². The van der Waals surface area contributed by atoms with Crippen molar-refractivity contribution >= 4 is 22.7 Å². The van der Waals surface area contributed by atoms with Crippen LogP contribution in [0, 0.1) is 0 Å². The van der Waals surface area contributed by atoms with Crippen molar-refractivity contribution in [3.63, 3.8) is 0 Å². The lowest BCUT2D eigenvalue weighted by Crippen LogP contribution is -2.17. The number of anilines is 1. The molecule has 0 radical (unpaired) electrons. The highest BCUT2D eigenvalue weighted by Gasteiger charge is 2.30. The van der Waals surface area contributed by atoms with E-state index in [0.717, 1.165) is 17.8 Å². The van der Waals surface area contributed by atoms with Crippen molar-refractivity contribution in [3.8, 4) is 11.1 Å². The molecule has 1 aliphatic heterocycles. The van der Waals surface area contributed by atoms with E-state index in [1.165, 1.54) is 21.6 Å². The molecule has 28 heavy (non-hydrogen) atoms. The fourth-order valence-electron chi connectivity index (χ4n) is 3.69. The first kappa shape index (κ1) is 17.0. The number of hydrogen-bond acceptors (Lipinski definition) is 3. The van der Waals surface area contributed by atoms with Crippen LogP contribution in [0.15, 0.2) is 108 Å². The quantitative estimate of drug-likeness (QED) is 0.381. The lowest BCUT2D eigenvalue weighted by molar-refractivity contribution is 0.722. The molecule has 0 amide bonds. The first-order valence-electron chi connectivity index (χ1n) is 9.49. The van der Waals surface area contributed by atoms with Crippen LogP contribution in [0.5, 0.6) is 0 Å². The summed E-state index contributed by atoms with van der Waals surface area (Å²) in [5.41, 5.74) is 5.95. The van der Waals surface area contributed by atoms with Gasteiger partial charge in [-0.05, 0) is 40.3 Å². The molecule has 1 atom stereocenters. The Morgan fingerprint density at radius 2 is 1.32 bits per heavy atom. The van der Waals surface area contributed by atoms with Gasteiger partial charge in [-0.15, -0.1) is 11.3 Å². The molecule has 3 aromatic carbocycles. The molecule has 0 fully saturated rings. The number of hydrazone groups is 1. The maximum absolute atomic E-state index is 5.03. The van der Waals surface area contributed by atoms with E-state index in [2.05, 4.69) is 95.3 Å². The lowest BCUT2D eigenvalue weighted by atomic mass is 9.99. The third-order valence-corrected chi connectivity index (χ3v) is 6.10. The highest BCUT2D eigenvalue weighted by molar-refractivity contribution is 7.10. The van der Waals surface area contributed by atoms with E-state index in [4.69, 9.17) is 5.10 Å². The third-order valence-electron chi connectivity index (χ3n) is 5.13. The van der Waals surface area contributed by atoms with Crippen molar-refractivity contribution in [3.05, 3.63) is 113 Å². The topological polar surface area (TPSA) is 15.6 Å². The van der Waals surface area contributed by atoms with Crippen LogP contribution in [0.1, 0.15) is 22.9 Å². The van der Waals surface area contributed by atoms with Crippen LogP contribution in [0.25, 0.3) is 11.1 Å². The SMILES string of the molecule is c1ccc(-c2ccc(C3=NN(c4ccccc4)[C@@H](c4cccs4)C3)cc2)cc1. The lowest BCUT2D eigenvalue weighted by Gasteiger charge is -2.22. The number of para-hydroxylation sites is 1. The molecule has 0 saturated carbocycles. The Bertz CT molecular complexity index is 1070. The average molecular weight is 381 g/mol. The number of benzene rings is 3. The zero-order chi connectivity index (χ0) is 18.8. The molecule has 2 nitrogen and oxygen atoms in total. The Balaban J connectivity index is 1.48. The maximum Gasteiger partial charge on any atom is 0.0923 e. The van der Waals surface area contributed by atoms with Crippen molar-refractivity contribution in [1.82, 2.24) is 0 Å². The summed E-state index contributed by atoms with van der Waals surface area (Å²) in [6, 6.07) is 34.3. The summed E-state index contributed by atoms with van der Waals surface area (Å²) in [5.74, 6) is 0. The van der Waals surface area contributed by atoms with E-state index in [0.29, 0.717) is 0 Å². The van der Waals surface area contributed by atoms with Crippen LogP contribution in [-0.4, -0.2) is 5.71 Å². The van der Waals surface area contributed by atoms with Gasteiger partial charge in [-0.25, -0.2) is 0 Å². The maximum atomic E-state index is 5.03. The van der Waals surface area contributed by atoms with E-state index in [9.17, 15) is 0 Å². The fourth-order valence-corrected chi connectivity index (χ4v) is 4.50. The van der Waals surface area contributed by atoms with Crippen molar-refractivity contribution in [2.24, 2.45) is 5.10 Å². The second-order valence-electron chi connectivity index (χ2n) is 6.91. The van der Waals surface area contributed by atoms with Gasteiger partial charge in [0.15, 0.2) is 0 Å². The second kappa shape index (κ2) is 7.45. The molecular weight excluding hydrogens is 360 g/mol. The van der Waals surface area contributed by atoms with Gasteiger partial charge in [0.25, 0.3) is 0 Å². The number of rotatable bonds is 4. The number of nitrogens with zero attached hydrogens (tertiary/aromatic N) is 2. The van der Waals surface area contributed by atoms with Gasteiger partial charge in [0.2, 0.25) is 0 Å². The number of hydrogen-bond donors (Lipinski definition) is 0. The Hall–Kier alpha value is -3.17. The monoisotopic (exact) mass is 380 g/mol. The first-order valence-corrected chi connectivity index (χ1v) is 10.4. The molecule has 4 aromatic rings. The van der Waals surface area contributed by atoms with Gasteiger partial charge >= 0.3 is 0 Å². The van der Waals surface area contributed by atoms with E-state index in [1.54, 1.807) is 11.3 Å². The van der Waals surface area contributed by atoms with Crippen LogP contribution in [0.2, 0.25) is 0 Å². The van der Waals surface area contributed by atoms with Crippen LogP contribution >= 0.6 is 11.3 Å². The van der Waals surface area contributed by atoms with Gasteiger partial charge in [0, 0.05) is 11.3 Å². The summed E-state index contributed by atoms with van der Waals surface area (Å²) in [6.45, 7) is 0. The summed E-state index contributed by atoms with van der Waals surface area (Å²) in [4.78, 5) is 1.35. The molecule has 0 bridgehead atoms. The minimum absolute atomic E-state index is 0.256. The molecule has 1 aromatic heterocycles. The molecule has 3 heteroatoms. The molecule has 0 N–H and O–H groups in total. The Labute approximate surface area is 169 Å². The molecule has 5 rings (SSSR count). The molecule has 0 spiro atoms. The van der Waals surface area contributed by atoms with Gasteiger partial charge in [-0.1, -0.05) is 78.9 Å². The van der Waals surface area contributed by atoms with Gasteiger partial charge in [0.05, 0.1) is 17.4 Å². The van der Waals surface area contributed by atoms with Crippen molar-refractivity contribution in [2.75, 3.05) is 5.01 Å². The molecule has 136 valence electrons. The molecule has 0 saturated heterocycles. The number of thiophene rings is 1. The predicted octanol–water partition coefficient (Wildman–Crippen LogP) is 6.77. The average Bonchev–Trinajstić information content (AvgIpc) is 3.45. The Morgan fingerprint density at radius 1 is 0.679 bits per heavy atom.